The van der Waals surface area contributed by atoms with Gasteiger partial charge in [-0.15, -0.1) is 0 Å². The Labute approximate surface area is 93.1 Å². The average Bonchev–Trinajstić information content (AvgIpc) is 2.27. The molecular weight excluding hydrogens is 192 g/mol. The lowest BCUT2D eigenvalue weighted by molar-refractivity contribution is -0.126. The minimum atomic E-state index is 0.0670. The molecule has 15 heavy (non-hydrogen) atoms. The van der Waals surface area contributed by atoms with E-state index in [1.54, 1.807) is 0 Å². The highest BCUT2D eigenvalue weighted by Crippen LogP contribution is 2.01. The lowest BCUT2D eigenvalue weighted by Gasteiger charge is -2.15. The molecule has 0 aliphatic rings. The second-order valence-corrected chi connectivity index (χ2v) is 3.66. The summed E-state index contributed by atoms with van der Waals surface area (Å²) >= 11 is 0. The molecule has 0 aromatic carbocycles. The Hall–Kier alpha value is -0.410. The SMILES string of the molecule is CCCCOCC(CC)OCC(=O)CC. The van der Waals surface area contributed by atoms with Crippen LogP contribution in [0, 0.1) is 0 Å². The van der Waals surface area contributed by atoms with Gasteiger partial charge in [0, 0.05) is 13.0 Å². The second kappa shape index (κ2) is 10.1. The summed E-state index contributed by atoms with van der Waals surface area (Å²) in [6.45, 7) is 7.66. The van der Waals surface area contributed by atoms with Crippen LogP contribution in [0.2, 0.25) is 0 Å². The predicted octanol–water partition coefficient (Wildman–Crippen LogP) is 2.58. The van der Waals surface area contributed by atoms with E-state index in [1.165, 1.54) is 0 Å². The summed E-state index contributed by atoms with van der Waals surface area (Å²) in [5.41, 5.74) is 0. The molecule has 1 unspecified atom stereocenters. The Morgan fingerprint density at radius 3 is 2.53 bits per heavy atom. The van der Waals surface area contributed by atoms with Crippen LogP contribution in [0.5, 0.6) is 0 Å². The summed E-state index contributed by atoms with van der Waals surface area (Å²) in [6.07, 6.45) is 3.74. The predicted molar refractivity (Wildman–Crippen MR) is 61.1 cm³/mol. The molecule has 0 heterocycles. The Morgan fingerprint density at radius 2 is 2.00 bits per heavy atom. The molecule has 90 valence electrons. The topological polar surface area (TPSA) is 35.5 Å². The standard InChI is InChI=1S/C12H24O3/c1-4-7-8-14-10-12(6-3)15-9-11(13)5-2/h12H,4-10H2,1-3H3. The first-order chi connectivity index (χ1) is 7.24. The van der Waals surface area contributed by atoms with E-state index in [9.17, 15) is 4.79 Å². The van der Waals surface area contributed by atoms with Crippen molar-refractivity contribution in [3.8, 4) is 0 Å². The highest BCUT2D eigenvalue weighted by atomic mass is 16.5. The lowest BCUT2D eigenvalue weighted by atomic mass is 10.3. The van der Waals surface area contributed by atoms with E-state index in [1.807, 2.05) is 13.8 Å². The van der Waals surface area contributed by atoms with E-state index in [0.29, 0.717) is 13.0 Å². The van der Waals surface area contributed by atoms with Crippen molar-refractivity contribution in [1.29, 1.82) is 0 Å². The molecule has 0 saturated carbocycles. The molecule has 0 fully saturated rings. The van der Waals surface area contributed by atoms with Crippen LogP contribution in [0.4, 0.5) is 0 Å². The van der Waals surface area contributed by atoms with E-state index < -0.39 is 0 Å². The Morgan fingerprint density at radius 1 is 1.27 bits per heavy atom. The van der Waals surface area contributed by atoms with Crippen LogP contribution < -0.4 is 0 Å². The molecule has 0 saturated heterocycles. The maximum atomic E-state index is 11.0. The Balaban J connectivity index is 3.50. The number of unbranched alkanes of at least 4 members (excludes halogenated alkanes) is 1. The molecule has 0 aromatic rings. The average molecular weight is 216 g/mol. The molecule has 0 aliphatic carbocycles. The highest BCUT2D eigenvalue weighted by Gasteiger charge is 2.08. The van der Waals surface area contributed by atoms with Crippen LogP contribution in [0.1, 0.15) is 46.5 Å². The molecule has 0 bridgehead atoms. The molecule has 0 spiro atoms. The van der Waals surface area contributed by atoms with Gasteiger partial charge in [-0.2, -0.15) is 0 Å². The summed E-state index contributed by atoms with van der Waals surface area (Å²) in [5.74, 6) is 0.155. The first-order valence-electron chi connectivity index (χ1n) is 5.95. The van der Waals surface area contributed by atoms with Crippen molar-refractivity contribution in [3.63, 3.8) is 0 Å². The quantitative estimate of drug-likeness (QED) is 0.526. The van der Waals surface area contributed by atoms with Crippen LogP contribution in [0.15, 0.2) is 0 Å². The smallest absolute Gasteiger partial charge is 0.158 e. The van der Waals surface area contributed by atoms with E-state index in [-0.39, 0.29) is 18.5 Å². The molecule has 0 N–H and O–H groups in total. The van der Waals surface area contributed by atoms with Crippen molar-refractivity contribution in [2.24, 2.45) is 0 Å². The van der Waals surface area contributed by atoms with Crippen LogP contribution in [-0.4, -0.2) is 31.7 Å². The van der Waals surface area contributed by atoms with Gasteiger partial charge in [0.25, 0.3) is 0 Å². The monoisotopic (exact) mass is 216 g/mol. The third-order valence-corrected chi connectivity index (χ3v) is 2.28. The molecule has 0 aliphatic heterocycles. The third-order valence-electron chi connectivity index (χ3n) is 2.28. The zero-order valence-electron chi connectivity index (χ0n) is 10.3. The number of ketones is 1. The fourth-order valence-electron chi connectivity index (χ4n) is 1.06. The maximum Gasteiger partial charge on any atom is 0.158 e. The molecule has 0 rings (SSSR count). The van der Waals surface area contributed by atoms with Gasteiger partial charge in [-0.25, -0.2) is 0 Å². The van der Waals surface area contributed by atoms with Crippen molar-refractivity contribution < 1.29 is 14.3 Å². The van der Waals surface area contributed by atoms with Crippen molar-refractivity contribution in [2.75, 3.05) is 19.8 Å². The number of rotatable bonds is 10. The first kappa shape index (κ1) is 14.6. The Kier molecular flexibility index (Phi) is 9.84. The van der Waals surface area contributed by atoms with Crippen molar-refractivity contribution in [3.05, 3.63) is 0 Å². The number of ether oxygens (including phenoxy) is 2. The van der Waals surface area contributed by atoms with Crippen molar-refractivity contribution >= 4 is 5.78 Å². The van der Waals surface area contributed by atoms with Gasteiger partial charge in [0.15, 0.2) is 5.78 Å². The summed E-state index contributed by atoms with van der Waals surface area (Å²) in [7, 11) is 0. The minimum Gasteiger partial charge on any atom is -0.379 e. The molecule has 1 atom stereocenters. The third kappa shape index (κ3) is 8.58. The molecule has 3 heteroatoms. The summed E-state index contributed by atoms with van der Waals surface area (Å²) < 4.78 is 10.9. The van der Waals surface area contributed by atoms with E-state index in [0.717, 1.165) is 25.9 Å². The fraction of sp³-hybridized carbons (Fsp3) is 0.917. The van der Waals surface area contributed by atoms with Crippen LogP contribution in [-0.2, 0) is 14.3 Å². The molecular formula is C12H24O3. The summed E-state index contributed by atoms with van der Waals surface area (Å²) in [6, 6.07) is 0. The van der Waals surface area contributed by atoms with Gasteiger partial charge in [-0.3, -0.25) is 4.79 Å². The zero-order chi connectivity index (χ0) is 11.5. The minimum absolute atomic E-state index is 0.0670. The van der Waals surface area contributed by atoms with E-state index in [4.69, 9.17) is 9.47 Å². The molecule has 0 aromatic heterocycles. The van der Waals surface area contributed by atoms with Crippen LogP contribution >= 0.6 is 0 Å². The van der Waals surface area contributed by atoms with Crippen LogP contribution in [0.25, 0.3) is 0 Å². The molecule has 3 nitrogen and oxygen atoms in total. The maximum absolute atomic E-state index is 11.0. The van der Waals surface area contributed by atoms with Gasteiger partial charge in [-0.1, -0.05) is 27.2 Å². The summed E-state index contributed by atoms with van der Waals surface area (Å²) in [5, 5.41) is 0. The van der Waals surface area contributed by atoms with Crippen LogP contribution in [0.3, 0.4) is 0 Å². The van der Waals surface area contributed by atoms with Gasteiger partial charge in [-0.05, 0) is 12.8 Å². The van der Waals surface area contributed by atoms with Crippen molar-refractivity contribution in [1.82, 2.24) is 0 Å². The number of hydrogen-bond donors (Lipinski definition) is 0. The first-order valence-corrected chi connectivity index (χ1v) is 5.95. The van der Waals surface area contributed by atoms with Gasteiger partial charge >= 0.3 is 0 Å². The van der Waals surface area contributed by atoms with E-state index >= 15 is 0 Å². The second-order valence-electron chi connectivity index (χ2n) is 3.66. The van der Waals surface area contributed by atoms with Gasteiger partial charge in [0.2, 0.25) is 0 Å². The number of carbonyl (C=O) groups is 1. The number of Topliss-reactive ketones (excluding diaryl/α,β-unsaturated/α-hetero) is 1. The fourth-order valence-corrected chi connectivity index (χ4v) is 1.06. The number of hydrogen-bond acceptors (Lipinski definition) is 3. The number of carbonyl (C=O) groups excluding carboxylic acids is 1. The Bertz CT molecular complexity index is 157. The van der Waals surface area contributed by atoms with Gasteiger partial charge in [0.05, 0.1) is 12.7 Å². The summed E-state index contributed by atoms with van der Waals surface area (Å²) in [4.78, 5) is 11.0. The van der Waals surface area contributed by atoms with Gasteiger partial charge < -0.3 is 9.47 Å². The van der Waals surface area contributed by atoms with E-state index in [2.05, 4.69) is 6.92 Å². The largest absolute Gasteiger partial charge is 0.379 e. The normalized spacial score (nSPS) is 12.7. The molecule has 0 radical (unpaired) electrons. The van der Waals surface area contributed by atoms with Crippen molar-refractivity contribution in [2.45, 2.75) is 52.6 Å². The molecule has 0 amide bonds. The highest BCUT2D eigenvalue weighted by molar-refractivity contribution is 5.79. The zero-order valence-corrected chi connectivity index (χ0v) is 10.3. The lowest BCUT2D eigenvalue weighted by Crippen LogP contribution is -2.22. The van der Waals surface area contributed by atoms with Gasteiger partial charge in [0.1, 0.15) is 6.61 Å².